The Bertz CT molecular complexity index is 297. The highest BCUT2D eigenvalue weighted by Gasteiger charge is 2.35. The van der Waals surface area contributed by atoms with Crippen LogP contribution >= 0.6 is 0 Å². The normalized spacial score (nSPS) is 33.6. The summed E-state index contributed by atoms with van der Waals surface area (Å²) in [4.78, 5) is 14.6. The Hall–Kier alpha value is -0.370. The molecule has 0 aromatic heterocycles. The van der Waals surface area contributed by atoms with E-state index in [1.165, 1.54) is 32.4 Å². The molecule has 0 aromatic carbocycles. The van der Waals surface area contributed by atoms with Gasteiger partial charge in [0.15, 0.2) is 0 Å². The van der Waals surface area contributed by atoms with Crippen LogP contribution in [0.4, 0.5) is 0 Å². The van der Waals surface area contributed by atoms with Crippen LogP contribution in [0.3, 0.4) is 0 Å². The average molecular weight is 251 g/mol. The molecule has 104 valence electrons. The van der Waals surface area contributed by atoms with Gasteiger partial charge in [-0.1, -0.05) is 27.2 Å². The van der Waals surface area contributed by atoms with E-state index in [-0.39, 0.29) is 0 Å². The van der Waals surface area contributed by atoms with E-state index in [9.17, 15) is 4.79 Å². The molecular formula is C16H29NO. The van der Waals surface area contributed by atoms with Gasteiger partial charge in [-0.25, -0.2) is 0 Å². The summed E-state index contributed by atoms with van der Waals surface area (Å²) in [5.41, 5.74) is 0.374. The van der Waals surface area contributed by atoms with Gasteiger partial charge < -0.3 is 4.90 Å². The van der Waals surface area contributed by atoms with E-state index in [0.29, 0.717) is 17.1 Å². The number of hydrogen-bond acceptors (Lipinski definition) is 2. The van der Waals surface area contributed by atoms with E-state index in [0.717, 1.165) is 31.7 Å². The monoisotopic (exact) mass is 251 g/mol. The number of ketones is 1. The topological polar surface area (TPSA) is 20.3 Å². The van der Waals surface area contributed by atoms with Gasteiger partial charge in [0.25, 0.3) is 0 Å². The summed E-state index contributed by atoms with van der Waals surface area (Å²) < 4.78 is 0. The highest BCUT2D eigenvalue weighted by atomic mass is 16.1. The lowest BCUT2D eigenvalue weighted by molar-refractivity contribution is -0.128. The highest BCUT2D eigenvalue weighted by molar-refractivity contribution is 5.82. The lowest BCUT2D eigenvalue weighted by Gasteiger charge is -2.39. The Labute approximate surface area is 112 Å². The smallest absolute Gasteiger partial charge is 0.137 e. The van der Waals surface area contributed by atoms with E-state index < -0.39 is 0 Å². The number of carbonyl (C=O) groups is 1. The predicted molar refractivity (Wildman–Crippen MR) is 75.6 cm³/mol. The molecule has 1 heterocycles. The first-order valence-corrected chi connectivity index (χ1v) is 7.75. The summed E-state index contributed by atoms with van der Waals surface area (Å²) in [7, 11) is 0. The molecule has 2 nitrogen and oxygen atoms in total. The largest absolute Gasteiger partial charge is 0.302 e. The van der Waals surface area contributed by atoms with Gasteiger partial charge in [-0.2, -0.15) is 0 Å². The number of nitrogens with zero attached hydrogens (tertiary/aromatic N) is 1. The van der Waals surface area contributed by atoms with Crippen LogP contribution in [-0.4, -0.2) is 30.3 Å². The van der Waals surface area contributed by atoms with Crippen molar-refractivity contribution in [1.29, 1.82) is 0 Å². The Morgan fingerprint density at radius 3 is 2.89 bits per heavy atom. The van der Waals surface area contributed by atoms with Crippen molar-refractivity contribution in [2.24, 2.45) is 17.3 Å². The SMILES string of the molecule is CCC1CCCN(CC2CC(C)(C)CCC2=O)C1. The molecule has 0 radical (unpaired) electrons. The fourth-order valence-corrected chi connectivity index (χ4v) is 3.68. The third kappa shape index (κ3) is 3.57. The zero-order valence-electron chi connectivity index (χ0n) is 12.4. The molecule has 0 amide bonds. The Morgan fingerprint density at radius 1 is 1.39 bits per heavy atom. The molecule has 2 aliphatic rings. The summed E-state index contributed by atoms with van der Waals surface area (Å²) in [5.74, 6) is 1.70. The number of hydrogen-bond donors (Lipinski definition) is 0. The van der Waals surface area contributed by atoms with Crippen molar-refractivity contribution in [3.05, 3.63) is 0 Å². The van der Waals surface area contributed by atoms with Crippen LogP contribution in [-0.2, 0) is 4.79 Å². The van der Waals surface area contributed by atoms with Crippen molar-refractivity contribution in [2.75, 3.05) is 19.6 Å². The fraction of sp³-hybridized carbons (Fsp3) is 0.938. The van der Waals surface area contributed by atoms with Gasteiger partial charge in [0.1, 0.15) is 5.78 Å². The molecule has 0 bridgehead atoms. The zero-order valence-corrected chi connectivity index (χ0v) is 12.4. The first-order chi connectivity index (χ1) is 8.50. The third-order valence-electron chi connectivity index (χ3n) is 4.96. The van der Waals surface area contributed by atoms with Crippen molar-refractivity contribution < 1.29 is 4.79 Å². The molecule has 1 saturated carbocycles. The van der Waals surface area contributed by atoms with E-state index in [4.69, 9.17) is 0 Å². The van der Waals surface area contributed by atoms with Crippen molar-refractivity contribution >= 4 is 5.78 Å². The van der Waals surface area contributed by atoms with Crippen LogP contribution in [0.15, 0.2) is 0 Å². The molecule has 1 aliphatic carbocycles. The molecule has 2 fully saturated rings. The lowest BCUT2D eigenvalue weighted by atomic mass is 9.71. The Morgan fingerprint density at radius 2 is 2.17 bits per heavy atom. The molecule has 1 aliphatic heterocycles. The first-order valence-electron chi connectivity index (χ1n) is 7.75. The number of carbonyl (C=O) groups excluding carboxylic acids is 1. The number of Topliss-reactive ketones (excluding diaryl/α,β-unsaturated/α-hetero) is 1. The Kier molecular flexibility index (Phi) is 4.47. The minimum absolute atomic E-state index is 0.310. The van der Waals surface area contributed by atoms with Crippen LogP contribution in [0.25, 0.3) is 0 Å². The first kappa shape index (κ1) is 14.0. The lowest BCUT2D eigenvalue weighted by Crippen LogP contribution is -2.43. The van der Waals surface area contributed by atoms with Crippen LogP contribution in [0.1, 0.15) is 59.3 Å². The molecule has 18 heavy (non-hydrogen) atoms. The summed E-state index contributed by atoms with van der Waals surface area (Å²) in [6, 6.07) is 0. The van der Waals surface area contributed by atoms with Crippen molar-refractivity contribution in [1.82, 2.24) is 4.90 Å². The van der Waals surface area contributed by atoms with E-state index in [1.54, 1.807) is 0 Å². The van der Waals surface area contributed by atoms with Gasteiger partial charge in [-0.15, -0.1) is 0 Å². The standard InChI is InChI=1S/C16H29NO/c1-4-13-6-5-9-17(11-13)12-14-10-16(2,3)8-7-15(14)18/h13-14H,4-12H2,1-3H3. The molecule has 2 atom stereocenters. The predicted octanol–water partition coefficient (Wildman–Crippen LogP) is 3.50. The number of piperidine rings is 1. The minimum Gasteiger partial charge on any atom is -0.302 e. The van der Waals surface area contributed by atoms with Crippen LogP contribution < -0.4 is 0 Å². The van der Waals surface area contributed by atoms with Gasteiger partial charge >= 0.3 is 0 Å². The fourth-order valence-electron chi connectivity index (χ4n) is 3.68. The van der Waals surface area contributed by atoms with Crippen LogP contribution in [0, 0.1) is 17.3 Å². The molecule has 2 unspecified atom stereocenters. The molecule has 2 heteroatoms. The van der Waals surface area contributed by atoms with Crippen molar-refractivity contribution in [3.8, 4) is 0 Å². The van der Waals surface area contributed by atoms with Crippen molar-refractivity contribution in [3.63, 3.8) is 0 Å². The second-order valence-corrected chi connectivity index (χ2v) is 7.21. The number of rotatable bonds is 3. The van der Waals surface area contributed by atoms with Crippen LogP contribution in [0.2, 0.25) is 0 Å². The third-order valence-corrected chi connectivity index (χ3v) is 4.96. The molecule has 0 spiro atoms. The maximum absolute atomic E-state index is 12.1. The summed E-state index contributed by atoms with van der Waals surface area (Å²) in [6.45, 7) is 10.4. The average Bonchev–Trinajstić information content (AvgIpc) is 2.34. The molecule has 0 aromatic rings. The zero-order chi connectivity index (χ0) is 13.2. The van der Waals surface area contributed by atoms with E-state index >= 15 is 0 Å². The van der Waals surface area contributed by atoms with E-state index in [2.05, 4.69) is 25.7 Å². The van der Waals surface area contributed by atoms with Gasteiger partial charge in [-0.3, -0.25) is 4.79 Å². The number of likely N-dealkylation sites (tertiary alicyclic amines) is 1. The van der Waals surface area contributed by atoms with E-state index in [1.807, 2.05) is 0 Å². The van der Waals surface area contributed by atoms with Gasteiger partial charge in [0, 0.05) is 25.4 Å². The second kappa shape index (κ2) is 5.73. The molecule has 0 N–H and O–H groups in total. The van der Waals surface area contributed by atoms with Gasteiger partial charge in [-0.05, 0) is 43.6 Å². The summed E-state index contributed by atoms with van der Waals surface area (Å²) in [6.07, 6.45) is 6.99. The van der Waals surface area contributed by atoms with Crippen molar-refractivity contribution in [2.45, 2.75) is 59.3 Å². The quantitative estimate of drug-likeness (QED) is 0.765. The summed E-state index contributed by atoms with van der Waals surface area (Å²) >= 11 is 0. The highest BCUT2D eigenvalue weighted by Crippen LogP contribution is 2.37. The van der Waals surface area contributed by atoms with Gasteiger partial charge in [0.05, 0.1) is 0 Å². The molecule has 2 rings (SSSR count). The second-order valence-electron chi connectivity index (χ2n) is 7.21. The Balaban J connectivity index is 1.89. The summed E-state index contributed by atoms with van der Waals surface area (Å²) in [5, 5.41) is 0. The minimum atomic E-state index is 0.310. The maximum Gasteiger partial charge on any atom is 0.137 e. The van der Waals surface area contributed by atoms with Crippen LogP contribution in [0.5, 0.6) is 0 Å². The van der Waals surface area contributed by atoms with Gasteiger partial charge in [0.2, 0.25) is 0 Å². The molecular weight excluding hydrogens is 222 g/mol. The maximum atomic E-state index is 12.1. The molecule has 1 saturated heterocycles.